The number of anilines is 1. The van der Waals surface area contributed by atoms with Crippen molar-refractivity contribution in [3.8, 4) is 5.75 Å². The lowest BCUT2D eigenvalue weighted by molar-refractivity contribution is -0.121. The molecule has 0 aliphatic rings. The highest BCUT2D eigenvalue weighted by Crippen LogP contribution is 2.28. The fourth-order valence-electron chi connectivity index (χ4n) is 1.97. The monoisotopic (exact) mass is 357 g/mol. The molecule has 0 radical (unpaired) electrons. The Morgan fingerprint density at radius 1 is 1.29 bits per heavy atom. The molecule has 1 rings (SSSR count). The van der Waals surface area contributed by atoms with Crippen molar-refractivity contribution in [2.24, 2.45) is 0 Å². The quantitative estimate of drug-likeness (QED) is 0.751. The predicted octanol–water partition coefficient (Wildman–Crippen LogP) is 0.799. The van der Waals surface area contributed by atoms with Crippen LogP contribution in [0.1, 0.15) is 20.8 Å². The Morgan fingerprint density at radius 3 is 2.42 bits per heavy atom. The number of carbonyl (C=O) groups is 2. The lowest BCUT2D eigenvalue weighted by Gasteiger charge is -2.19. The number of likely N-dealkylation sites (N-methyl/N-ethyl adjacent to an activating group) is 1. The fourth-order valence-corrected chi connectivity index (χ4v) is 3.12. The number of hydrogen-bond acceptors (Lipinski definition) is 5. The molecule has 0 aliphatic heterocycles. The van der Waals surface area contributed by atoms with Gasteiger partial charge in [0.1, 0.15) is 5.75 Å². The first kappa shape index (κ1) is 19.9. The molecule has 1 aromatic carbocycles. The second-order valence-corrected chi connectivity index (χ2v) is 7.57. The molecular formula is C15H23N3O5S. The van der Waals surface area contributed by atoms with Crippen molar-refractivity contribution >= 4 is 27.5 Å². The van der Waals surface area contributed by atoms with E-state index in [0.29, 0.717) is 5.75 Å². The van der Waals surface area contributed by atoms with Crippen LogP contribution in [-0.4, -0.2) is 51.3 Å². The smallest absolute Gasteiger partial charge is 0.243 e. The first-order valence-electron chi connectivity index (χ1n) is 7.29. The van der Waals surface area contributed by atoms with E-state index in [1.54, 1.807) is 13.8 Å². The van der Waals surface area contributed by atoms with Crippen LogP contribution in [0.25, 0.3) is 0 Å². The van der Waals surface area contributed by atoms with E-state index in [0.717, 1.165) is 4.31 Å². The third kappa shape index (κ3) is 5.20. The summed E-state index contributed by atoms with van der Waals surface area (Å²) >= 11 is 0. The highest BCUT2D eigenvalue weighted by molar-refractivity contribution is 7.89. The molecule has 0 atom stereocenters. The van der Waals surface area contributed by atoms with Crippen molar-refractivity contribution in [1.82, 2.24) is 9.62 Å². The zero-order valence-electron chi connectivity index (χ0n) is 14.4. The average Bonchev–Trinajstić information content (AvgIpc) is 2.45. The van der Waals surface area contributed by atoms with Gasteiger partial charge in [0.25, 0.3) is 0 Å². The molecule has 2 N–H and O–H groups in total. The van der Waals surface area contributed by atoms with Gasteiger partial charge < -0.3 is 15.4 Å². The molecular weight excluding hydrogens is 334 g/mol. The van der Waals surface area contributed by atoms with Crippen LogP contribution in [0.3, 0.4) is 0 Å². The third-order valence-corrected chi connectivity index (χ3v) is 4.81. The van der Waals surface area contributed by atoms with E-state index in [1.165, 1.54) is 39.3 Å². The number of sulfonamides is 1. The molecule has 0 heterocycles. The van der Waals surface area contributed by atoms with Crippen LogP contribution in [0, 0.1) is 0 Å². The van der Waals surface area contributed by atoms with Crippen LogP contribution in [0.4, 0.5) is 5.69 Å². The number of rotatable bonds is 7. The Bertz CT molecular complexity index is 716. The maximum Gasteiger partial charge on any atom is 0.243 e. The van der Waals surface area contributed by atoms with Gasteiger partial charge in [-0.25, -0.2) is 8.42 Å². The first-order valence-corrected chi connectivity index (χ1v) is 8.73. The predicted molar refractivity (Wildman–Crippen MR) is 90.4 cm³/mol. The molecule has 0 spiro atoms. The minimum atomic E-state index is -3.89. The van der Waals surface area contributed by atoms with Crippen molar-refractivity contribution in [3.05, 3.63) is 18.2 Å². The summed E-state index contributed by atoms with van der Waals surface area (Å²) in [5.41, 5.74) is 0.242. The molecule has 2 amide bonds. The first-order chi connectivity index (χ1) is 11.1. The molecule has 8 nitrogen and oxygen atoms in total. The van der Waals surface area contributed by atoms with Gasteiger partial charge in [0.05, 0.1) is 24.2 Å². The van der Waals surface area contributed by atoms with Crippen LogP contribution < -0.4 is 15.4 Å². The van der Waals surface area contributed by atoms with Gasteiger partial charge in [0.15, 0.2) is 0 Å². The number of ether oxygens (including phenoxy) is 1. The molecule has 24 heavy (non-hydrogen) atoms. The van der Waals surface area contributed by atoms with Gasteiger partial charge in [-0.15, -0.1) is 0 Å². The van der Waals surface area contributed by atoms with Gasteiger partial charge in [0, 0.05) is 20.0 Å². The second-order valence-electron chi connectivity index (χ2n) is 5.53. The molecule has 9 heteroatoms. The molecule has 0 saturated carbocycles. The third-order valence-electron chi connectivity index (χ3n) is 3.01. The van der Waals surface area contributed by atoms with Gasteiger partial charge in [-0.1, -0.05) is 0 Å². The van der Waals surface area contributed by atoms with Crippen LogP contribution in [0.15, 0.2) is 23.1 Å². The van der Waals surface area contributed by atoms with Gasteiger partial charge in [-0.05, 0) is 32.0 Å². The number of hydrogen-bond donors (Lipinski definition) is 2. The Kier molecular flexibility index (Phi) is 6.73. The van der Waals surface area contributed by atoms with Gasteiger partial charge >= 0.3 is 0 Å². The maximum absolute atomic E-state index is 12.6. The summed E-state index contributed by atoms with van der Waals surface area (Å²) in [5.74, 6) is -0.413. The van der Waals surface area contributed by atoms with E-state index < -0.39 is 15.9 Å². The van der Waals surface area contributed by atoms with Gasteiger partial charge in [-0.3, -0.25) is 9.59 Å². The number of methoxy groups -OCH3 is 1. The Hall–Kier alpha value is -2.13. The molecule has 0 bridgehead atoms. The molecule has 0 fully saturated rings. The molecule has 0 unspecified atom stereocenters. The van der Waals surface area contributed by atoms with Crippen LogP contribution in [0.2, 0.25) is 0 Å². The van der Waals surface area contributed by atoms with E-state index in [1.807, 2.05) is 0 Å². The SMILES string of the molecule is COc1ccc(S(=O)(=O)N(C)CC(=O)NC(C)C)cc1NC(C)=O. The number of nitrogens with one attached hydrogen (secondary N) is 2. The van der Waals surface area contributed by atoms with Crippen molar-refractivity contribution in [2.45, 2.75) is 31.7 Å². The summed E-state index contributed by atoms with van der Waals surface area (Å²) in [6, 6.07) is 4.02. The summed E-state index contributed by atoms with van der Waals surface area (Å²) in [6.07, 6.45) is 0. The molecule has 0 aliphatic carbocycles. The molecule has 134 valence electrons. The van der Waals surface area contributed by atoms with Crippen molar-refractivity contribution in [3.63, 3.8) is 0 Å². The number of nitrogens with zero attached hydrogens (tertiary/aromatic N) is 1. The normalized spacial score (nSPS) is 11.5. The van der Waals surface area contributed by atoms with Crippen molar-refractivity contribution in [1.29, 1.82) is 0 Å². The zero-order valence-corrected chi connectivity index (χ0v) is 15.2. The van der Waals surface area contributed by atoms with Crippen molar-refractivity contribution in [2.75, 3.05) is 26.0 Å². The van der Waals surface area contributed by atoms with E-state index in [4.69, 9.17) is 4.74 Å². The number of amides is 2. The van der Waals surface area contributed by atoms with E-state index in [-0.39, 0.29) is 29.1 Å². The molecule has 0 aromatic heterocycles. The largest absolute Gasteiger partial charge is 0.495 e. The Balaban J connectivity index is 3.09. The number of carbonyl (C=O) groups excluding carboxylic acids is 2. The lowest BCUT2D eigenvalue weighted by Crippen LogP contribution is -2.40. The molecule has 0 saturated heterocycles. The Morgan fingerprint density at radius 2 is 1.92 bits per heavy atom. The maximum atomic E-state index is 12.6. The minimum Gasteiger partial charge on any atom is -0.495 e. The van der Waals surface area contributed by atoms with Crippen LogP contribution in [0.5, 0.6) is 5.75 Å². The van der Waals surface area contributed by atoms with Gasteiger partial charge in [0.2, 0.25) is 21.8 Å². The minimum absolute atomic E-state index is 0.0492. The number of benzene rings is 1. The molecule has 1 aromatic rings. The highest BCUT2D eigenvalue weighted by atomic mass is 32.2. The average molecular weight is 357 g/mol. The Labute approximate surface area is 142 Å². The standard InChI is InChI=1S/C15H23N3O5S/c1-10(2)16-15(20)9-18(4)24(21,22)12-6-7-14(23-5)13(8-12)17-11(3)19/h6-8,10H,9H2,1-5H3,(H,16,20)(H,17,19). The summed E-state index contributed by atoms with van der Waals surface area (Å²) in [5, 5.41) is 5.15. The van der Waals surface area contributed by atoms with Crippen LogP contribution in [-0.2, 0) is 19.6 Å². The highest BCUT2D eigenvalue weighted by Gasteiger charge is 2.24. The van der Waals surface area contributed by atoms with E-state index in [9.17, 15) is 18.0 Å². The summed E-state index contributed by atoms with van der Waals surface area (Å²) in [4.78, 5) is 23.0. The zero-order chi connectivity index (χ0) is 18.5. The summed E-state index contributed by atoms with van der Waals surface area (Å²) < 4.78 is 31.2. The van der Waals surface area contributed by atoms with E-state index >= 15 is 0 Å². The van der Waals surface area contributed by atoms with Crippen LogP contribution >= 0.6 is 0 Å². The van der Waals surface area contributed by atoms with Gasteiger partial charge in [-0.2, -0.15) is 4.31 Å². The second kappa shape index (κ2) is 8.11. The summed E-state index contributed by atoms with van der Waals surface area (Å²) in [7, 11) is -1.16. The topological polar surface area (TPSA) is 105 Å². The summed E-state index contributed by atoms with van der Waals surface area (Å²) in [6.45, 7) is 4.58. The van der Waals surface area contributed by atoms with Crippen molar-refractivity contribution < 1.29 is 22.7 Å². The van der Waals surface area contributed by atoms with E-state index in [2.05, 4.69) is 10.6 Å². The lowest BCUT2D eigenvalue weighted by atomic mass is 10.3. The fraction of sp³-hybridized carbons (Fsp3) is 0.467.